The van der Waals surface area contributed by atoms with Crippen LogP contribution in [0, 0.1) is 0 Å². The van der Waals surface area contributed by atoms with Crippen LogP contribution < -0.4 is 11.1 Å². The van der Waals surface area contributed by atoms with E-state index in [0.717, 1.165) is 5.56 Å². The standard InChI is InChI=1S/C11H16N2O.C2HF3O2/c1-8(2)13-11(14)10-6-4-3-5-9(10)7-12;3-2(4,5)1(6)7/h3-6,8H,7,12H2,1-2H3,(H,13,14);(H,6,7). The molecular formula is C13H17F3N2O3. The molecule has 5 nitrogen and oxygen atoms in total. The topological polar surface area (TPSA) is 92.4 Å². The Bertz CT molecular complexity index is 488. The minimum absolute atomic E-state index is 0.0546. The van der Waals surface area contributed by atoms with E-state index in [1.807, 2.05) is 32.0 Å². The van der Waals surface area contributed by atoms with Gasteiger partial charge in [0, 0.05) is 18.2 Å². The average molecular weight is 306 g/mol. The van der Waals surface area contributed by atoms with Crippen molar-refractivity contribution in [2.75, 3.05) is 0 Å². The molecule has 0 fully saturated rings. The number of carboxylic acid groups (broad SMARTS) is 1. The molecule has 0 aliphatic carbocycles. The summed E-state index contributed by atoms with van der Waals surface area (Å²) in [7, 11) is 0. The summed E-state index contributed by atoms with van der Waals surface area (Å²) in [4.78, 5) is 20.6. The molecule has 1 aromatic carbocycles. The first-order valence-electron chi connectivity index (χ1n) is 5.98. The highest BCUT2D eigenvalue weighted by Crippen LogP contribution is 2.13. The van der Waals surface area contributed by atoms with Crippen LogP contribution in [0.5, 0.6) is 0 Å². The molecule has 0 aliphatic heterocycles. The van der Waals surface area contributed by atoms with Crippen LogP contribution in [0.1, 0.15) is 29.8 Å². The highest BCUT2D eigenvalue weighted by atomic mass is 19.4. The van der Waals surface area contributed by atoms with Crippen LogP contribution >= 0.6 is 0 Å². The number of carbonyl (C=O) groups is 2. The van der Waals surface area contributed by atoms with E-state index >= 15 is 0 Å². The van der Waals surface area contributed by atoms with Crippen molar-refractivity contribution in [2.24, 2.45) is 5.73 Å². The maximum atomic E-state index is 11.7. The smallest absolute Gasteiger partial charge is 0.475 e. The van der Waals surface area contributed by atoms with E-state index in [2.05, 4.69) is 5.32 Å². The Morgan fingerprint density at radius 2 is 1.76 bits per heavy atom. The molecule has 0 aromatic heterocycles. The molecule has 0 unspecified atom stereocenters. The monoisotopic (exact) mass is 306 g/mol. The lowest BCUT2D eigenvalue weighted by atomic mass is 10.1. The fourth-order valence-corrected chi connectivity index (χ4v) is 1.26. The Morgan fingerprint density at radius 3 is 2.14 bits per heavy atom. The summed E-state index contributed by atoms with van der Waals surface area (Å²) in [5.74, 6) is -2.81. The molecule has 118 valence electrons. The van der Waals surface area contributed by atoms with Gasteiger partial charge in [-0.25, -0.2) is 4.79 Å². The predicted octanol–water partition coefficient (Wildman–Crippen LogP) is 1.92. The number of rotatable bonds is 3. The number of amides is 1. The average Bonchev–Trinajstić information content (AvgIpc) is 2.37. The Balaban J connectivity index is 0.000000486. The summed E-state index contributed by atoms with van der Waals surface area (Å²) in [6.07, 6.45) is -5.08. The van der Waals surface area contributed by atoms with Crippen molar-refractivity contribution in [3.8, 4) is 0 Å². The van der Waals surface area contributed by atoms with Gasteiger partial charge in [0.05, 0.1) is 0 Å². The van der Waals surface area contributed by atoms with Gasteiger partial charge in [0.15, 0.2) is 0 Å². The maximum absolute atomic E-state index is 11.7. The summed E-state index contributed by atoms with van der Waals surface area (Å²) in [5, 5.41) is 9.96. The number of halogens is 3. The summed E-state index contributed by atoms with van der Waals surface area (Å²) in [5.41, 5.74) is 7.09. The number of hydrogen-bond donors (Lipinski definition) is 3. The third-order valence-electron chi connectivity index (χ3n) is 2.14. The van der Waals surface area contributed by atoms with Crippen LogP contribution in [-0.4, -0.2) is 29.2 Å². The third kappa shape index (κ3) is 7.31. The Hall–Kier alpha value is -2.09. The van der Waals surface area contributed by atoms with Gasteiger partial charge in [-0.05, 0) is 25.5 Å². The van der Waals surface area contributed by atoms with E-state index < -0.39 is 12.1 Å². The lowest BCUT2D eigenvalue weighted by Crippen LogP contribution is -2.31. The first-order chi connectivity index (χ1) is 9.59. The van der Waals surface area contributed by atoms with Gasteiger partial charge in [0.25, 0.3) is 5.91 Å². The van der Waals surface area contributed by atoms with Gasteiger partial charge >= 0.3 is 12.1 Å². The van der Waals surface area contributed by atoms with Crippen molar-refractivity contribution in [3.63, 3.8) is 0 Å². The molecular weight excluding hydrogens is 289 g/mol. The molecule has 0 atom stereocenters. The SMILES string of the molecule is CC(C)NC(=O)c1ccccc1CN.O=C(O)C(F)(F)F. The number of carboxylic acids is 1. The van der Waals surface area contributed by atoms with Gasteiger partial charge in [-0.3, -0.25) is 4.79 Å². The van der Waals surface area contributed by atoms with Crippen molar-refractivity contribution in [1.29, 1.82) is 0 Å². The van der Waals surface area contributed by atoms with Crippen molar-refractivity contribution in [3.05, 3.63) is 35.4 Å². The van der Waals surface area contributed by atoms with E-state index in [1.54, 1.807) is 6.07 Å². The molecule has 1 aromatic rings. The lowest BCUT2D eigenvalue weighted by molar-refractivity contribution is -0.192. The molecule has 0 radical (unpaired) electrons. The molecule has 0 aliphatic rings. The van der Waals surface area contributed by atoms with Crippen LogP contribution in [0.15, 0.2) is 24.3 Å². The van der Waals surface area contributed by atoms with Gasteiger partial charge in [-0.15, -0.1) is 0 Å². The van der Waals surface area contributed by atoms with Gasteiger partial charge in [-0.1, -0.05) is 18.2 Å². The van der Waals surface area contributed by atoms with Crippen LogP contribution in [0.25, 0.3) is 0 Å². The molecule has 1 rings (SSSR count). The van der Waals surface area contributed by atoms with Gasteiger partial charge in [0.1, 0.15) is 0 Å². The Labute approximate surface area is 119 Å². The molecule has 8 heteroatoms. The second-order valence-corrected chi connectivity index (χ2v) is 4.29. The zero-order valence-corrected chi connectivity index (χ0v) is 11.6. The van der Waals surface area contributed by atoms with E-state index in [-0.39, 0.29) is 11.9 Å². The second-order valence-electron chi connectivity index (χ2n) is 4.29. The molecule has 21 heavy (non-hydrogen) atoms. The van der Waals surface area contributed by atoms with E-state index in [1.165, 1.54) is 0 Å². The lowest BCUT2D eigenvalue weighted by Gasteiger charge is -2.10. The molecule has 4 N–H and O–H groups in total. The van der Waals surface area contributed by atoms with Crippen molar-refractivity contribution in [2.45, 2.75) is 32.6 Å². The first kappa shape index (κ1) is 18.9. The highest BCUT2D eigenvalue weighted by Gasteiger charge is 2.38. The number of alkyl halides is 3. The van der Waals surface area contributed by atoms with Crippen molar-refractivity contribution >= 4 is 11.9 Å². The zero-order valence-electron chi connectivity index (χ0n) is 11.6. The fourth-order valence-electron chi connectivity index (χ4n) is 1.26. The Kier molecular flexibility index (Phi) is 7.43. The van der Waals surface area contributed by atoms with Crippen LogP contribution in [0.3, 0.4) is 0 Å². The second kappa shape index (κ2) is 8.25. The van der Waals surface area contributed by atoms with Crippen molar-refractivity contribution < 1.29 is 27.9 Å². The van der Waals surface area contributed by atoms with E-state index in [4.69, 9.17) is 15.6 Å². The largest absolute Gasteiger partial charge is 0.490 e. The Morgan fingerprint density at radius 1 is 1.29 bits per heavy atom. The minimum Gasteiger partial charge on any atom is -0.475 e. The number of aliphatic carboxylic acids is 1. The van der Waals surface area contributed by atoms with Crippen molar-refractivity contribution in [1.82, 2.24) is 5.32 Å². The zero-order chi connectivity index (χ0) is 16.6. The molecule has 0 bridgehead atoms. The third-order valence-corrected chi connectivity index (χ3v) is 2.14. The number of nitrogens with one attached hydrogen (secondary N) is 1. The number of benzene rings is 1. The van der Waals surface area contributed by atoms with Crippen LogP contribution in [0.4, 0.5) is 13.2 Å². The summed E-state index contributed by atoms with van der Waals surface area (Å²) in [6.45, 7) is 4.26. The van der Waals surface area contributed by atoms with E-state index in [9.17, 15) is 18.0 Å². The predicted molar refractivity (Wildman–Crippen MR) is 70.6 cm³/mol. The van der Waals surface area contributed by atoms with Crippen LogP contribution in [-0.2, 0) is 11.3 Å². The molecule has 0 spiro atoms. The number of nitrogens with two attached hydrogens (primary N) is 1. The van der Waals surface area contributed by atoms with E-state index in [0.29, 0.717) is 12.1 Å². The first-order valence-corrected chi connectivity index (χ1v) is 5.98. The highest BCUT2D eigenvalue weighted by molar-refractivity contribution is 5.95. The molecule has 0 saturated carbocycles. The quantitative estimate of drug-likeness (QED) is 0.795. The summed E-state index contributed by atoms with van der Waals surface area (Å²) < 4.78 is 31.7. The van der Waals surface area contributed by atoms with Crippen LogP contribution in [0.2, 0.25) is 0 Å². The fraction of sp³-hybridized carbons (Fsp3) is 0.385. The summed E-state index contributed by atoms with van der Waals surface area (Å²) >= 11 is 0. The molecule has 0 heterocycles. The minimum atomic E-state index is -5.08. The van der Waals surface area contributed by atoms with Gasteiger partial charge in [-0.2, -0.15) is 13.2 Å². The maximum Gasteiger partial charge on any atom is 0.490 e. The normalized spacial score (nSPS) is 10.6. The molecule has 1 amide bonds. The summed E-state index contributed by atoms with van der Waals surface area (Å²) in [6, 6.07) is 7.53. The number of hydrogen-bond acceptors (Lipinski definition) is 3. The van der Waals surface area contributed by atoms with Gasteiger partial charge in [0.2, 0.25) is 0 Å². The molecule has 0 saturated heterocycles. The van der Waals surface area contributed by atoms with Gasteiger partial charge < -0.3 is 16.2 Å². The number of carbonyl (C=O) groups excluding carboxylic acids is 1.